The van der Waals surface area contributed by atoms with Crippen LogP contribution in [0.25, 0.3) is 0 Å². The Morgan fingerprint density at radius 2 is 1.69 bits per heavy atom. The highest BCUT2D eigenvalue weighted by atomic mass is 32.2. The maximum atomic E-state index is 12.6. The van der Waals surface area contributed by atoms with Gasteiger partial charge in [-0.25, -0.2) is 8.42 Å². The number of carbonyl (C=O) groups excluding carboxylic acids is 1. The van der Waals surface area contributed by atoms with E-state index >= 15 is 0 Å². The highest BCUT2D eigenvalue weighted by Crippen LogP contribution is 2.20. The van der Waals surface area contributed by atoms with Gasteiger partial charge in [0.2, 0.25) is 10.0 Å². The Labute approximate surface area is 173 Å². The summed E-state index contributed by atoms with van der Waals surface area (Å²) in [5, 5.41) is 2.91. The average molecular weight is 419 g/mol. The molecular weight excluding hydrogens is 388 g/mol. The molecular formula is C22H30N2O4S. The lowest BCUT2D eigenvalue weighted by atomic mass is 10.1. The van der Waals surface area contributed by atoms with E-state index in [0.717, 1.165) is 11.1 Å². The molecule has 0 heterocycles. The van der Waals surface area contributed by atoms with Crippen LogP contribution in [0.4, 0.5) is 0 Å². The molecule has 0 saturated heterocycles. The number of hydrogen-bond donors (Lipinski definition) is 1. The molecule has 0 aromatic heterocycles. The van der Waals surface area contributed by atoms with Crippen molar-refractivity contribution in [1.82, 2.24) is 9.62 Å². The normalized spacial score (nSPS) is 13.7. The summed E-state index contributed by atoms with van der Waals surface area (Å²) in [6.07, 6.45) is -0.651. The summed E-state index contributed by atoms with van der Waals surface area (Å²) in [5.41, 5.74) is 1.88. The maximum absolute atomic E-state index is 12.6. The Balaban J connectivity index is 2.03. The number of ether oxygens (including phenoxy) is 1. The summed E-state index contributed by atoms with van der Waals surface area (Å²) >= 11 is 0. The zero-order valence-corrected chi connectivity index (χ0v) is 18.5. The summed E-state index contributed by atoms with van der Waals surface area (Å²) in [6, 6.07) is 13.9. The molecule has 0 fully saturated rings. The van der Waals surface area contributed by atoms with Gasteiger partial charge in [-0.2, -0.15) is 4.31 Å². The second kappa shape index (κ2) is 9.89. The quantitative estimate of drug-likeness (QED) is 0.674. The van der Waals surface area contributed by atoms with Gasteiger partial charge < -0.3 is 10.1 Å². The second-order valence-corrected chi connectivity index (χ2v) is 8.90. The molecule has 2 aromatic carbocycles. The van der Waals surface area contributed by atoms with Crippen LogP contribution < -0.4 is 10.1 Å². The fourth-order valence-corrected chi connectivity index (χ4v) is 4.46. The molecule has 0 bridgehead atoms. The van der Waals surface area contributed by atoms with Crippen LogP contribution in [0.15, 0.2) is 53.4 Å². The molecule has 29 heavy (non-hydrogen) atoms. The van der Waals surface area contributed by atoms with E-state index in [-0.39, 0.29) is 16.8 Å². The van der Waals surface area contributed by atoms with Crippen molar-refractivity contribution in [3.8, 4) is 5.75 Å². The van der Waals surface area contributed by atoms with Crippen LogP contribution in [0.3, 0.4) is 0 Å². The Morgan fingerprint density at radius 1 is 1.07 bits per heavy atom. The highest BCUT2D eigenvalue weighted by molar-refractivity contribution is 7.89. The van der Waals surface area contributed by atoms with Gasteiger partial charge in [-0.15, -0.1) is 0 Å². The predicted molar refractivity (Wildman–Crippen MR) is 114 cm³/mol. The molecule has 0 aliphatic heterocycles. The lowest BCUT2D eigenvalue weighted by Crippen LogP contribution is -2.37. The maximum Gasteiger partial charge on any atom is 0.261 e. The smallest absolute Gasteiger partial charge is 0.261 e. The van der Waals surface area contributed by atoms with Crippen LogP contribution in [-0.4, -0.2) is 37.8 Å². The van der Waals surface area contributed by atoms with Crippen molar-refractivity contribution < 1.29 is 17.9 Å². The number of rotatable bonds is 9. The number of amides is 1. The van der Waals surface area contributed by atoms with Crippen molar-refractivity contribution in [3.05, 3.63) is 59.7 Å². The number of nitrogens with zero attached hydrogens (tertiary/aromatic N) is 1. The van der Waals surface area contributed by atoms with E-state index in [9.17, 15) is 13.2 Å². The Hall–Kier alpha value is -2.38. The monoisotopic (exact) mass is 418 g/mol. The van der Waals surface area contributed by atoms with E-state index in [0.29, 0.717) is 18.8 Å². The van der Waals surface area contributed by atoms with Crippen molar-refractivity contribution in [3.63, 3.8) is 0 Å². The van der Waals surface area contributed by atoms with Crippen molar-refractivity contribution in [2.45, 2.75) is 51.7 Å². The molecule has 0 aliphatic carbocycles. The molecule has 0 radical (unpaired) electrons. The van der Waals surface area contributed by atoms with Crippen LogP contribution in [0.1, 0.15) is 44.9 Å². The average Bonchev–Trinajstić information content (AvgIpc) is 2.68. The first-order valence-electron chi connectivity index (χ1n) is 9.82. The fraction of sp³-hybridized carbons (Fsp3) is 0.409. The Morgan fingerprint density at radius 3 is 2.24 bits per heavy atom. The molecule has 2 rings (SSSR count). The number of carbonyl (C=O) groups is 1. The van der Waals surface area contributed by atoms with Gasteiger partial charge in [0.1, 0.15) is 5.75 Å². The summed E-state index contributed by atoms with van der Waals surface area (Å²) in [4.78, 5) is 12.7. The molecule has 2 aromatic rings. The molecule has 7 heteroatoms. The van der Waals surface area contributed by atoms with E-state index in [1.54, 1.807) is 31.2 Å². The number of hydrogen-bond acceptors (Lipinski definition) is 4. The molecule has 0 spiro atoms. The molecule has 158 valence electrons. The lowest BCUT2D eigenvalue weighted by Gasteiger charge is -2.21. The van der Waals surface area contributed by atoms with Crippen LogP contribution >= 0.6 is 0 Å². The van der Waals surface area contributed by atoms with Crippen molar-refractivity contribution >= 4 is 15.9 Å². The number of benzene rings is 2. The van der Waals surface area contributed by atoms with E-state index in [1.165, 1.54) is 4.31 Å². The molecule has 1 N–H and O–H groups in total. The zero-order chi connectivity index (χ0) is 21.6. The van der Waals surface area contributed by atoms with E-state index in [2.05, 4.69) is 5.32 Å². The van der Waals surface area contributed by atoms with Gasteiger partial charge in [0.15, 0.2) is 6.10 Å². The third kappa shape index (κ3) is 5.81. The first-order valence-corrected chi connectivity index (χ1v) is 11.3. The summed E-state index contributed by atoms with van der Waals surface area (Å²) in [5.74, 6) is 0.408. The van der Waals surface area contributed by atoms with Gasteiger partial charge in [-0.3, -0.25) is 4.79 Å². The van der Waals surface area contributed by atoms with Gasteiger partial charge in [0.25, 0.3) is 5.91 Å². The zero-order valence-electron chi connectivity index (χ0n) is 17.7. The summed E-state index contributed by atoms with van der Waals surface area (Å²) < 4.78 is 32.3. The largest absolute Gasteiger partial charge is 0.481 e. The molecule has 0 saturated carbocycles. The van der Waals surface area contributed by atoms with Crippen molar-refractivity contribution in [1.29, 1.82) is 0 Å². The molecule has 2 atom stereocenters. The van der Waals surface area contributed by atoms with E-state index in [4.69, 9.17) is 4.74 Å². The van der Waals surface area contributed by atoms with Gasteiger partial charge in [-0.05, 0) is 56.2 Å². The summed E-state index contributed by atoms with van der Waals surface area (Å²) in [7, 11) is -3.49. The van der Waals surface area contributed by atoms with Gasteiger partial charge >= 0.3 is 0 Å². The van der Waals surface area contributed by atoms with Crippen LogP contribution in [0.5, 0.6) is 5.75 Å². The van der Waals surface area contributed by atoms with Crippen molar-refractivity contribution in [2.75, 3.05) is 13.1 Å². The second-order valence-electron chi connectivity index (χ2n) is 6.97. The molecule has 0 aliphatic rings. The topological polar surface area (TPSA) is 75.7 Å². The van der Waals surface area contributed by atoms with Crippen LogP contribution in [0, 0.1) is 6.92 Å². The SMILES string of the molecule is CCN(CC)S(=O)(=O)c1ccc(C(C)NC(=O)C(C)Oc2cccc(C)c2)cc1. The molecule has 6 nitrogen and oxygen atoms in total. The van der Waals surface area contributed by atoms with Crippen LogP contribution in [0.2, 0.25) is 0 Å². The highest BCUT2D eigenvalue weighted by Gasteiger charge is 2.22. The first-order chi connectivity index (χ1) is 13.7. The third-order valence-electron chi connectivity index (χ3n) is 4.75. The predicted octanol–water partition coefficient (Wildman–Crippen LogP) is 3.67. The Bertz CT molecular complexity index is 922. The van der Waals surface area contributed by atoms with Gasteiger partial charge in [-0.1, -0.05) is 38.1 Å². The van der Waals surface area contributed by atoms with Gasteiger partial charge in [0.05, 0.1) is 10.9 Å². The lowest BCUT2D eigenvalue weighted by molar-refractivity contribution is -0.127. The fourth-order valence-electron chi connectivity index (χ4n) is 3.00. The number of aryl methyl sites for hydroxylation is 1. The van der Waals surface area contributed by atoms with Crippen LogP contribution in [-0.2, 0) is 14.8 Å². The third-order valence-corrected chi connectivity index (χ3v) is 6.82. The van der Waals surface area contributed by atoms with Gasteiger partial charge in [0, 0.05) is 13.1 Å². The molecule has 2 unspecified atom stereocenters. The first kappa shape index (κ1) is 22.9. The minimum Gasteiger partial charge on any atom is -0.481 e. The number of nitrogens with one attached hydrogen (secondary N) is 1. The number of sulfonamides is 1. The molecule has 1 amide bonds. The summed E-state index contributed by atoms with van der Waals surface area (Å²) in [6.45, 7) is 9.98. The standard InChI is InChI=1S/C22H30N2O4S/c1-6-24(7-2)29(26,27)21-13-11-19(12-14-21)17(4)23-22(25)18(5)28-20-10-8-9-16(3)15-20/h8-15,17-18H,6-7H2,1-5H3,(H,23,25). The van der Waals surface area contributed by atoms with E-state index in [1.807, 2.05) is 52.0 Å². The minimum atomic E-state index is -3.49. The Kier molecular flexibility index (Phi) is 7.81. The minimum absolute atomic E-state index is 0.237. The van der Waals surface area contributed by atoms with E-state index < -0.39 is 16.1 Å². The van der Waals surface area contributed by atoms with Crippen molar-refractivity contribution in [2.24, 2.45) is 0 Å².